The van der Waals surface area contributed by atoms with Gasteiger partial charge in [-0.3, -0.25) is 4.79 Å². The number of nitrogens with one attached hydrogen (secondary N) is 2. The molecule has 0 radical (unpaired) electrons. The van der Waals surface area contributed by atoms with Gasteiger partial charge in [-0.1, -0.05) is 23.7 Å². The highest BCUT2D eigenvalue weighted by Gasteiger charge is 2.19. The van der Waals surface area contributed by atoms with Crippen molar-refractivity contribution in [3.05, 3.63) is 77.2 Å². The van der Waals surface area contributed by atoms with Gasteiger partial charge in [-0.05, 0) is 42.0 Å². The Labute approximate surface area is 212 Å². The number of fused-ring (bicyclic) bond motifs is 1. The molecule has 9 nitrogen and oxygen atoms in total. The molecule has 2 aromatic heterocycles. The second-order valence-corrected chi connectivity index (χ2v) is 8.31. The lowest BCUT2D eigenvalue weighted by Gasteiger charge is -2.31. The largest absolute Gasteiger partial charge is 0.478 e. The lowest BCUT2D eigenvalue weighted by Crippen LogP contribution is -2.43. The fourth-order valence-electron chi connectivity index (χ4n) is 3.99. The first-order valence-electron chi connectivity index (χ1n) is 10.7. The predicted molar refractivity (Wildman–Crippen MR) is 137 cm³/mol. The Morgan fingerprint density at radius 2 is 1.89 bits per heavy atom. The van der Waals surface area contributed by atoms with Crippen molar-refractivity contribution < 1.29 is 14.7 Å². The van der Waals surface area contributed by atoms with Gasteiger partial charge in [0.2, 0.25) is 0 Å². The van der Waals surface area contributed by atoms with Crippen LogP contribution in [0, 0.1) is 0 Å². The van der Waals surface area contributed by atoms with Crippen molar-refractivity contribution in [2.45, 2.75) is 0 Å². The number of halogens is 2. The minimum Gasteiger partial charge on any atom is -0.478 e. The summed E-state index contributed by atoms with van der Waals surface area (Å²) in [4.78, 5) is 31.4. The maximum absolute atomic E-state index is 13.2. The minimum atomic E-state index is -1.06. The summed E-state index contributed by atoms with van der Waals surface area (Å²) in [6, 6.07) is 13.7. The van der Waals surface area contributed by atoms with E-state index in [9.17, 15) is 14.7 Å². The average Bonchev–Trinajstić information content (AvgIpc) is 3.28. The molecule has 1 saturated heterocycles. The SMILES string of the molecule is Cl.O=C(O)c1ccc(N2CCNCC2)c(NC(=O)c2ccn3ncc(-c4cccc(Cl)c4)c3n2)c1. The number of aromatic nitrogens is 3. The van der Waals surface area contributed by atoms with Crippen molar-refractivity contribution in [1.82, 2.24) is 19.9 Å². The van der Waals surface area contributed by atoms with E-state index in [0.29, 0.717) is 16.4 Å². The fraction of sp³-hybridized carbons (Fsp3) is 0.167. The number of carboxylic acid groups (broad SMARTS) is 1. The topological polar surface area (TPSA) is 112 Å². The maximum Gasteiger partial charge on any atom is 0.335 e. The van der Waals surface area contributed by atoms with Crippen LogP contribution in [-0.2, 0) is 0 Å². The Morgan fingerprint density at radius 3 is 2.63 bits per heavy atom. The molecule has 2 aromatic carbocycles. The van der Waals surface area contributed by atoms with Crippen molar-refractivity contribution in [2.75, 3.05) is 36.4 Å². The molecule has 0 unspecified atom stereocenters. The molecule has 1 amide bonds. The van der Waals surface area contributed by atoms with Crippen LogP contribution in [0.4, 0.5) is 11.4 Å². The first-order chi connectivity index (χ1) is 16.5. The molecule has 35 heavy (non-hydrogen) atoms. The lowest BCUT2D eigenvalue weighted by molar-refractivity contribution is 0.0696. The number of nitrogens with zero attached hydrogens (tertiary/aromatic N) is 4. The third kappa shape index (κ3) is 5.07. The van der Waals surface area contributed by atoms with Gasteiger partial charge in [-0.25, -0.2) is 14.3 Å². The average molecular weight is 513 g/mol. The van der Waals surface area contributed by atoms with Gasteiger partial charge in [-0.15, -0.1) is 12.4 Å². The number of hydrogen-bond donors (Lipinski definition) is 3. The molecule has 4 aromatic rings. The Kier molecular flexibility index (Phi) is 7.20. The Bertz CT molecular complexity index is 1400. The Balaban J connectivity index is 0.00000289. The summed E-state index contributed by atoms with van der Waals surface area (Å²) in [7, 11) is 0. The summed E-state index contributed by atoms with van der Waals surface area (Å²) < 4.78 is 1.59. The molecule has 180 valence electrons. The van der Waals surface area contributed by atoms with E-state index < -0.39 is 11.9 Å². The maximum atomic E-state index is 13.2. The zero-order chi connectivity index (χ0) is 23.7. The van der Waals surface area contributed by atoms with E-state index in [-0.39, 0.29) is 23.7 Å². The van der Waals surface area contributed by atoms with Gasteiger partial charge in [0, 0.05) is 43.0 Å². The smallest absolute Gasteiger partial charge is 0.335 e. The van der Waals surface area contributed by atoms with E-state index in [2.05, 4.69) is 25.6 Å². The molecule has 5 rings (SSSR count). The van der Waals surface area contributed by atoms with Gasteiger partial charge < -0.3 is 20.6 Å². The summed E-state index contributed by atoms with van der Waals surface area (Å²) in [6.07, 6.45) is 3.34. The third-order valence-electron chi connectivity index (χ3n) is 5.69. The fourth-order valence-corrected chi connectivity index (χ4v) is 4.18. The molecule has 0 saturated carbocycles. The second-order valence-electron chi connectivity index (χ2n) is 7.88. The zero-order valence-corrected chi connectivity index (χ0v) is 20.0. The highest BCUT2D eigenvalue weighted by Crippen LogP contribution is 2.29. The molecular formula is C24H22Cl2N6O3. The highest BCUT2D eigenvalue weighted by molar-refractivity contribution is 6.30. The van der Waals surface area contributed by atoms with E-state index in [0.717, 1.165) is 43.0 Å². The number of anilines is 2. The van der Waals surface area contributed by atoms with E-state index in [1.54, 1.807) is 41.2 Å². The lowest BCUT2D eigenvalue weighted by atomic mass is 10.1. The van der Waals surface area contributed by atoms with Crippen molar-refractivity contribution in [2.24, 2.45) is 0 Å². The Hall–Kier alpha value is -3.66. The normalized spacial score (nSPS) is 13.3. The quantitative estimate of drug-likeness (QED) is 0.372. The van der Waals surface area contributed by atoms with Gasteiger partial charge in [0.25, 0.3) is 5.91 Å². The van der Waals surface area contributed by atoms with Gasteiger partial charge in [0.1, 0.15) is 5.69 Å². The van der Waals surface area contributed by atoms with Crippen molar-refractivity contribution in [3.63, 3.8) is 0 Å². The molecule has 11 heteroatoms. The molecule has 1 aliphatic heterocycles. The number of aromatic carboxylic acids is 1. The number of amides is 1. The minimum absolute atomic E-state index is 0. The van der Waals surface area contributed by atoms with Crippen LogP contribution in [-0.4, -0.2) is 57.8 Å². The van der Waals surface area contributed by atoms with Gasteiger partial charge in [-0.2, -0.15) is 5.10 Å². The van der Waals surface area contributed by atoms with Crippen LogP contribution in [0.3, 0.4) is 0 Å². The van der Waals surface area contributed by atoms with E-state index in [4.69, 9.17) is 11.6 Å². The first-order valence-corrected chi connectivity index (χ1v) is 11.1. The molecule has 0 spiro atoms. The molecular weight excluding hydrogens is 491 g/mol. The monoisotopic (exact) mass is 512 g/mol. The predicted octanol–water partition coefficient (Wildman–Crippen LogP) is 3.83. The molecule has 3 heterocycles. The molecule has 0 atom stereocenters. The summed E-state index contributed by atoms with van der Waals surface area (Å²) in [5.41, 5.74) is 3.56. The molecule has 0 bridgehead atoms. The number of piperazine rings is 1. The molecule has 0 aliphatic carbocycles. The number of carbonyl (C=O) groups is 2. The Morgan fingerprint density at radius 1 is 1.09 bits per heavy atom. The van der Waals surface area contributed by atoms with E-state index >= 15 is 0 Å². The second kappa shape index (κ2) is 10.3. The van der Waals surface area contributed by atoms with Gasteiger partial charge >= 0.3 is 5.97 Å². The molecule has 3 N–H and O–H groups in total. The summed E-state index contributed by atoms with van der Waals surface area (Å²) in [6.45, 7) is 3.11. The third-order valence-corrected chi connectivity index (χ3v) is 5.92. The first kappa shape index (κ1) is 24.5. The van der Waals surface area contributed by atoms with Crippen molar-refractivity contribution in [3.8, 4) is 11.1 Å². The van der Waals surface area contributed by atoms with Crippen LogP contribution in [0.5, 0.6) is 0 Å². The van der Waals surface area contributed by atoms with Crippen LogP contribution in [0.15, 0.2) is 60.9 Å². The van der Waals surface area contributed by atoms with Crippen molar-refractivity contribution in [1.29, 1.82) is 0 Å². The van der Waals surface area contributed by atoms with Crippen LogP contribution < -0.4 is 15.5 Å². The standard InChI is InChI=1S/C24H21ClN6O3.ClH/c25-17-3-1-2-15(12-17)18-14-27-31-9-6-19(28-22(18)31)23(32)29-20-13-16(24(33)34)4-5-21(20)30-10-7-26-8-11-30;/h1-6,9,12-14,26H,7-8,10-11H2,(H,29,32)(H,33,34);1H. The number of carbonyl (C=O) groups excluding carboxylic acids is 1. The van der Waals surface area contributed by atoms with Gasteiger partial charge in [0.15, 0.2) is 5.65 Å². The van der Waals surface area contributed by atoms with Crippen LogP contribution in [0.2, 0.25) is 5.02 Å². The van der Waals surface area contributed by atoms with E-state index in [1.807, 2.05) is 18.2 Å². The van der Waals surface area contributed by atoms with Crippen LogP contribution >= 0.6 is 24.0 Å². The van der Waals surface area contributed by atoms with E-state index in [1.165, 1.54) is 6.07 Å². The molecule has 1 fully saturated rings. The summed E-state index contributed by atoms with van der Waals surface area (Å²) in [5, 5.41) is 20.5. The number of hydrogen-bond acceptors (Lipinski definition) is 6. The number of rotatable bonds is 5. The zero-order valence-electron chi connectivity index (χ0n) is 18.4. The highest BCUT2D eigenvalue weighted by atomic mass is 35.5. The van der Waals surface area contributed by atoms with Crippen molar-refractivity contribution >= 4 is 52.9 Å². The van der Waals surface area contributed by atoms with Crippen LogP contribution in [0.25, 0.3) is 16.8 Å². The molecule has 1 aliphatic rings. The van der Waals surface area contributed by atoms with Gasteiger partial charge in [0.05, 0.1) is 23.1 Å². The van der Waals surface area contributed by atoms with Crippen LogP contribution in [0.1, 0.15) is 20.8 Å². The summed E-state index contributed by atoms with van der Waals surface area (Å²) >= 11 is 6.14. The summed E-state index contributed by atoms with van der Waals surface area (Å²) in [5.74, 6) is -1.51. The number of carboxylic acids is 1. The number of benzene rings is 2.